The SMILES string of the molecule is CC(c1ccccn1)N1CCNC[C@@H]1C. The van der Waals surface area contributed by atoms with Gasteiger partial charge < -0.3 is 5.32 Å². The normalized spacial score (nSPS) is 25.1. The molecule has 1 saturated heterocycles. The van der Waals surface area contributed by atoms with Crippen molar-refractivity contribution in [3.8, 4) is 0 Å². The van der Waals surface area contributed by atoms with E-state index < -0.39 is 0 Å². The van der Waals surface area contributed by atoms with Crippen molar-refractivity contribution in [2.24, 2.45) is 0 Å². The lowest BCUT2D eigenvalue weighted by atomic mass is 10.1. The van der Waals surface area contributed by atoms with Crippen molar-refractivity contribution < 1.29 is 0 Å². The summed E-state index contributed by atoms with van der Waals surface area (Å²) < 4.78 is 0. The number of piperazine rings is 1. The van der Waals surface area contributed by atoms with Crippen LogP contribution in [0.3, 0.4) is 0 Å². The van der Waals surface area contributed by atoms with Gasteiger partial charge in [0.1, 0.15) is 0 Å². The molecule has 1 aromatic rings. The Kier molecular flexibility index (Phi) is 3.34. The first-order chi connectivity index (χ1) is 7.29. The van der Waals surface area contributed by atoms with Crippen LogP contribution in [0.15, 0.2) is 24.4 Å². The van der Waals surface area contributed by atoms with Crippen LogP contribution >= 0.6 is 0 Å². The first kappa shape index (κ1) is 10.6. The minimum absolute atomic E-state index is 0.420. The number of nitrogens with zero attached hydrogens (tertiary/aromatic N) is 2. The second kappa shape index (κ2) is 4.73. The zero-order chi connectivity index (χ0) is 10.7. The lowest BCUT2D eigenvalue weighted by Crippen LogP contribution is -2.50. The Balaban J connectivity index is 2.09. The molecule has 3 nitrogen and oxygen atoms in total. The van der Waals surface area contributed by atoms with Gasteiger partial charge in [-0.15, -0.1) is 0 Å². The van der Waals surface area contributed by atoms with Crippen LogP contribution in [0.2, 0.25) is 0 Å². The third-order valence-corrected chi connectivity index (χ3v) is 3.17. The second-order valence-corrected chi connectivity index (χ2v) is 4.22. The van der Waals surface area contributed by atoms with E-state index in [1.54, 1.807) is 0 Å². The first-order valence-corrected chi connectivity index (χ1v) is 5.66. The molecule has 15 heavy (non-hydrogen) atoms. The third-order valence-electron chi connectivity index (χ3n) is 3.17. The van der Waals surface area contributed by atoms with E-state index in [-0.39, 0.29) is 0 Å². The monoisotopic (exact) mass is 205 g/mol. The molecular weight excluding hydrogens is 186 g/mol. The standard InChI is InChI=1S/C12H19N3/c1-10-9-13-7-8-15(10)11(2)12-5-3-4-6-14-12/h3-6,10-11,13H,7-9H2,1-2H3/t10-,11?/m0/s1. The fraction of sp³-hybridized carbons (Fsp3) is 0.583. The lowest BCUT2D eigenvalue weighted by molar-refractivity contribution is 0.123. The van der Waals surface area contributed by atoms with E-state index in [2.05, 4.69) is 41.2 Å². The molecule has 1 unspecified atom stereocenters. The van der Waals surface area contributed by atoms with E-state index in [1.165, 1.54) is 5.69 Å². The summed E-state index contributed by atoms with van der Waals surface area (Å²) in [6.07, 6.45) is 1.87. The summed E-state index contributed by atoms with van der Waals surface area (Å²) in [7, 11) is 0. The van der Waals surface area contributed by atoms with E-state index in [0.29, 0.717) is 12.1 Å². The Labute approximate surface area is 91.5 Å². The fourth-order valence-electron chi connectivity index (χ4n) is 2.23. The van der Waals surface area contributed by atoms with E-state index in [9.17, 15) is 0 Å². The fourth-order valence-corrected chi connectivity index (χ4v) is 2.23. The number of rotatable bonds is 2. The highest BCUT2D eigenvalue weighted by Crippen LogP contribution is 2.20. The summed E-state index contributed by atoms with van der Waals surface area (Å²) in [6.45, 7) is 7.79. The molecule has 2 heterocycles. The maximum absolute atomic E-state index is 4.43. The van der Waals surface area contributed by atoms with Crippen LogP contribution in [-0.4, -0.2) is 35.6 Å². The Morgan fingerprint density at radius 2 is 2.40 bits per heavy atom. The molecule has 0 aliphatic carbocycles. The van der Waals surface area contributed by atoms with Crippen LogP contribution in [0.4, 0.5) is 0 Å². The van der Waals surface area contributed by atoms with Gasteiger partial charge in [0.25, 0.3) is 0 Å². The van der Waals surface area contributed by atoms with Crippen molar-refractivity contribution >= 4 is 0 Å². The molecule has 0 aromatic carbocycles. The molecule has 1 fully saturated rings. The van der Waals surface area contributed by atoms with E-state index in [4.69, 9.17) is 0 Å². The van der Waals surface area contributed by atoms with Gasteiger partial charge in [-0.3, -0.25) is 9.88 Å². The van der Waals surface area contributed by atoms with Crippen molar-refractivity contribution in [2.45, 2.75) is 25.9 Å². The molecule has 1 N–H and O–H groups in total. The topological polar surface area (TPSA) is 28.2 Å². The average Bonchev–Trinajstić information content (AvgIpc) is 2.30. The van der Waals surface area contributed by atoms with E-state index >= 15 is 0 Å². The molecule has 2 rings (SSSR count). The molecule has 0 radical (unpaired) electrons. The zero-order valence-electron chi connectivity index (χ0n) is 9.48. The minimum atomic E-state index is 0.420. The van der Waals surface area contributed by atoms with Gasteiger partial charge in [0.05, 0.1) is 5.69 Å². The van der Waals surface area contributed by atoms with Gasteiger partial charge in [-0.05, 0) is 26.0 Å². The molecule has 0 bridgehead atoms. The molecule has 1 aliphatic heterocycles. The van der Waals surface area contributed by atoms with E-state index in [1.807, 2.05) is 12.3 Å². The third kappa shape index (κ3) is 2.36. The lowest BCUT2D eigenvalue weighted by Gasteiger charge is -2.38. The van der Waals surface area contributed by atoms with Gasteiger partial charge in [-0.1, -0.05) is 6.07 Å². The summed E-state index contributed by atoms with van der Waals surface area (Å²) in [5.74, 6) is 0. The van der Waals surface area contributed by atoms with Crippen LogP contribution < -0.4 is 5.32 Å². The predicted octanol–water partition coefficient (Wildman–Crippen LogP) is 1.44. The Morgan fingerprint density at radius 1 is 1.53 bits per heavy atom. The van der Waals surface area contributed by atoms with Crippen LogP contribution in [0, 0.1) is 0 Å². The zero-order valence-corrected chi connectivity index (χ0v) is 9.48. The van der Waals surface area contributed by atoms with Crippen molar-refractivity contribution in [2.75, 3.05) is 19.6 Å². The quantitative estimate of drug-likeness (QED) is 0.792. The van der Waals surface area contributed by atoms with Crippen LogP contribution in [0.5, 0.6) is 0 Å². The van der Waals surface area contributed by atoms with Crippen LogP contribution in [0.25, 0.3) is 0 Å². The van der Waals surface area contributed by atoms with Gasteiger partial charge in [0, 0.05) is 37.9 Å². The molecular formula is C12H19N3. The number of pyridine rings is 1. The molecule has 3 heteroatoms. The van der Waals surface area contributed by atoms with Gasteiger partial charge in [-0.2, -0.15) is 0 Å². The highest BCUT2D eigenvalue weighted by atomic mass is 15.2. The largest absolute Gasteiger partial charge is 0.314 e. The molecule has 1 aliphatic rings. The highest BCUT2D eigenvalue weighted by Gasteiger charge is 2.24. The Bertz CT molecular complexity index is 299. The maximum Gasteiger partial charge on any atom is 0.0572 e. The van der Waals surface area contributed by atoms with Crippen LogP contribution in [0.1, 0.15) is 25.6 Å². The molecule has 2 atom stereocenters. The van der Waals surface area contributed by atoms with Crippen molar-refractivity contribution in [1.82, 2.24) is 15.2 Å². The van der Waals surface area contributed by atoms with E-state index in [0.717, 1.165) is 19.6 Å². The number of aromatic nitrogens is 1. The predicted molar refractivity (Wildman–Crippen MR) is 61.7 cm³/mol. The van der Waals surface area contributed by atoms with Crippen molar-refractivity contribution in [3.63, 3.8) is 0 Å². The summed E-state index contributed by atoms with van der Waals surface area (Å²) >= 11 is 0. The molecule has 0 saturated carbocycles. The second-order valence-electron chi connectivity index (χ2n) is 4.22. The average molecular weight is 205 g/mol. The molecule has 1 aromatic heterocycles. The first-order valence-electron chi connectivity index (χ1n) is 5.66. The Hall–Kier alpha value is -0.930. The van der Waals surface area contributed by atoms with Gasteiger partial charge in [0.2, 0.25) is 0 Å². The summed E-state index contributed by atoms with van der Waals surface area (Å²) in [4.78, 5) is 6.94. The minimum Gasteiger partial charge on any atom is -0.314 e. The molecule has 0 spiro atoms. The van der Waals surface area contributed by atoms with Crippen LogP contribution in [-0.2, 0) is 0 Å². The molecule has 82 valence electrons. The number of hydrogen-bond acceptors (Lipinski definition) is 3. The van der Waals surface area contributed by atoms with Gasteiger partial charge in [-0.25, -0.2) is 0 Å². The summed E-state index contributed by atoms with van der Waals surface area (Å²) in [5.41, 5.74) is 1.17. The Morgan fingerprint density at radius 3 is 3.07 bits per heavy atom. The molecule has 0 amide bonds. The maximum atomic E-state index is 4.43. The smallest absolute Gasteiger partial charge is 0.0572 e. The van der Waals surface area contributed by atoms with Gasteiger partial charge in [0.15, 0.2) is 0 Å². The summed E-state index contributed by atoms with van der Waals surface area (Å²) in [5, 5.41) is 3.41. The highest BCUT2D eigenvalue weighted by molar-refractivity contribution is 5.08. The number of hydrogen-bond donors (Lipinski definition) is 1. The van der Waals surface area contributed by atoms with Crippen molar-refractivity contribution in [3.05, 3.63) is 30.1 Å². The summed E-state index contributed by atoms with van der Waals surface area (Å²) in [6, 6.07) is 7.15. The van der Waals surface area contributed by atoms with Crippen molar-refractivity contribution in [1.29, 1.82) is 0 Å². The number of nitrogens with one attached hydrogen (secondary N) is 1. The van der Waals surface area contributed by atoms with Gasteiger partial charge >= 0.3 is 0 Å².